The van der Waals surface area contributed by atoms with Gasteiger partial charge in [-0.2, -0.15) is 5.10 Å². The number of sulfonamides is 1. The zero-order chi connectivity index (χ0) is 38.8. The van der Waals surface area contributed by atoms with Gasteiger partial charge < -0.3 is 14.2 Å². The summed E-state index contributed by atoms with van der Waals surface area (Å²) >= 11 is 0. The summed E-state index contributed by atoms with van der Waals surface area (Å²) in [4.78, 5) is 32.8. The number of nitrogens with one attached hydrogen (secondary N) is 1. The monoisotopic (exact) mass is 766 g/mol. The number of hydrogen-bond acceptors (Lipinski definition) is 7. The number of ether oxygens (including phenoxy) is 1. The SMILES string of the molecule is CCN1C[C@@H]2C[C@H]1CN2C(=O)c1cnn(C(C)C)c1C1=Cc2cc(OC)ccc2-c2c(C3CCCCC3)c3ccc(C(=O)NS(=O)(=O)CC(C)C)cc3n2C1. The van der Waals surface area contributed by atoms with Gasteiger partial charge in [0, 0.05) is 53.2 Å². The van der Waals surface area contributed by atoms with Gasteiger partial charge in [-0.05, 0) is 105 Å². The molecule has 8 rings (SSSR count). The highest BCUT2D eigenvalue weighted by molar-refractivity contribution is 7.90. The number of carbonyl (C=O) groups is 2. The number of likely N-dealkylation sites (N-methyl/N-ethyl adjacent to an activating group) is 1. The van der Waals surface area contributed by atoms with Crippen LogP contribution in [0.5, 0.6) is 5.75 Å². The number of fused-ring (bicyclic) bond motifs is 7. The number of amides is 2. The number of rotatable bonds is 10. The smallest absolute Gasteiger partial charge is 0.264 e. The number of methoxy groups -OCH3 is 1. The van der Waals surface area contributed by atoms with Gasteiger partial charge in [0.2, 0.25) is 10.0 Å². The summed E-state index contributed by atoms with van der Waals surface area (Å²) in [5.41, 5.74) is 7.87. The van der Waals surface area contributed by atoms with Crippen LogP contribution < -0.4 is 9.46 Å². The lowest BCUT2D eigenvalue weighted by atomic mass is 9.81. The van der Waals surface area contributed by atoms with Crippen LogP contribution in [-0.4, -0.2) is 89.0 Å². The second-order valence-corrected chi connectivity index (χ2v) is 18.4. The van der Waals surface area contributed by atoms with Crippen LogP contribution in [0.1, 0.15) is 123 Å². The summed E-state index contributed by atoms with van der Waals surface area (Å²) in [5.74, 6) is 0.173. The number of piperazine rings is 1. The number of allylic oxidation sites excluding steroid dienone is 1. The van der Waals surface area contributed by atoms with E-state index in [9.17, 15) is 18.0 Å². The van der Waals surface area contributed by atoms with Crippen molar-refractivity contribution in [3.05, 3.63) is 70.5 Å². The van der Waals surface area contributed by atoms with Crippen LogP contribution in [0.3, 0.4) is 0 Å². The molecule has 55 heavy (non-hydrogen) atoms. The molecule has 4 aliphatic rings. The Morgan fingerprint density at radius 3 is 2.44 bits per heavy atom. The molecule has 4 aromatic rings. The van der Waals surface area contributed by atoms with E-state index in [1.54, 1.807) is 19.4 Å². The summed E-state index contributed by atoms with van der Waals surface area (Å²) in [6.45, 7) is 13.0. The average molecular weight is 767 g/mol. The van der Waals surface area contributed by atoms with Crippen LogP contribution in [0.4, 0.5) is 0 Å². The Hall–Kier alpha value is -4.42. The molecule has 0 spiro atoms. The molecule has 3 fully saturated rings. The molecule has 1 aliphatic carbocycles. The Morgan fingerprint density at radius 2 is 1.76 bits per heavy atom. The van der Waals surface area contributed by atoms with Crippen molar-refractivity contribution in [2.24, 2.45) is 5.92 Å². The fraction of sp³-hybridized carbons (Fsp3) is 0.512. The first-order valence-electron chi connectivity index (χ1n) is 20.1. The molecule has 0 unspecified atom stereocenters. The van der Waals surface area contributed by atoms with E-state index < -0.39 is 15.9 Å². The maximum Gasteiger partial charge on any atom is 0.264 e. The van der Waals surface area contributed by atoms with E-state index in [-0.39, 0.29) is 35.2 Å². The predicted octanol–water partition coefficient (Wildman–Crippen LogP) is 7.33. The van der Waals surface area contributed by atoms with E-state index in [1.807, 2.05) is 36.7 Å². The topological polar surface area (TPSA) is 119 Å². The number of aromatic nitrogens is 3. The van der Waals surface area contributed by atoms with Gasteiger partial charge in [0.15, 0.2) is 0 Å². The summed E-state index contributed by atoms with van der Waals surface area (Å²) in [5, 5.41) is 5.92. The van der Waals surface area contributed by atoms with E-state index in [0.29, 0.717) is 24.1 Å². The first-order valence-corrected chi connectivity index (χ1v) is 21.7. The van der Waals surface area contributed by atoms with E-state index in [4.69, 9.17) is 9.84 Å². The number of nitrogens with zero attached hydrogens (tertiary/aromatic N) is 5. The second kappa shape index (κ2) is 14.6. The van der Waals surface area contributed by atoms with E-state index in [2.05, 4.69) is 58.1 Å². The Balaban J connectivity index is 1.31. The van der Waals surface area contributed by atoms with Crippen LogP contribution in [0.15, 0.2) is 42.6 Å². The molecule has 3 aliphatic heterocycles. The first kappa shape index (κ1) is 37.5. The lowest BCUT2D eigenvalue weighted by Crippen LogP contribution is -2.48. The van der Waals surface area contributed by atoms with Crippen molar-refractivity contribution in [1.82, 2.24) is 28.9 Å². The zero-order valence-corrected chi connectivity index (χ0v) is 33.8. The molecule has 1 saturated carbocycles. The molecular weight excluding hydrogens is 713 g/mol. The molecule has 292 valence electrons. The highest BCUT2D eigenvalue weighted by Crippen LogP contribution is 2.48. The molecule has 2 amide bonds. The van der Waals surface area contributed by atoms with Crippen molar-refractivity contribution in [1.29, 1.82) is 0 Å². The molecule has 12 heteroatoms. The summed E-state index contributed by atoms with van der Waals surface area (Å²) in [6, 6.07) is 12.4. The summed E-state index contributed by atoms with van der Waals surface area (Å²) in [6.07, 6.45) is 10.6. The van der Waals surface area contributed by atoms with Crippen molar-refractivity contribution in [3.8, 4) is 17.0 Å². The van der Waals surface area contributed by atoms with E-state index in [0.717, 1.165) is 96.5 Å². The van der Waals surface area contributed by atoms with Crippen molar-refractivity contribution < 1.29 is 22.7 Å². The van der Waals surface area contributed by atoms with Crippen LogP contribution in [-0.2, 0) is 16.6 Å². The molecule has 11 nitrogen and oxygen atoms in total. The molecule has 0 radical (unpaired) electrons. The van der Waals surface area contributed by atoms with Crippen LogP contribution in [0, 0.1) is 5.92 Å². The van der Waals surface area contributed by atoms with E-state index in [1.165, 1.54) is 12.0 Å². The van der Waals surface area contributed by atoms with Crippen LogP contribution >= 0.6 is 0 Å². The Morgan fingerprint density at radius 1 is 0.982 bits per heavy atom. The Labute approximate surface area is 324 Å². The lowest BCUT2D eigenvalue weighted by Gasteiger charge is -2.33. The fourth-order valence-corrected chi connectivity index (χ4v) is 11.1. The van der Waals surface area contributed by atoms with Gasteiger partial charge in [-0.15, -0.1) is 0 Å². The predicted molar refractivity (Wildman–Crippen MR) is 217 cm³/mol. The molecule has 2 aromatic carbocycles. The third kappa shape index (κ3) is 6.79. The lowest BCUT2D eigenvalue weighted by molar-refractivity contribution is 0.0630. The van der Waals surface area contributed by atoms with E-state index >= 15 is 0 Å². The first-order chi connectivity index (χ1) is 26.4. The summed E-state index contributed by atoms with van der Waals surface area (Å²) in [7, 11) is -2.14. The number of benzene rings is 2. The van der Waals surface area contributed by atoms with Gasteiger partial charge >= 0.3 is 0 Å². The fourth-order valence-electron chi connectivity index (χ4n) is 9.78. The van der Waals surface area contributed by atoms with Gasteiger partial charge in [-0.25, -0.2) is 13.1 Å². The highest BCUT2D eigenvalue weighted by atomic mass is 32.2. The standard InChI is InChI=1S/C43H54N6O5S/c1-7-46-23-33-20-32(46)24-47(33)43(51)37-21-44-49(27(4)5)40(37)31-17-30-18-34(54-6)14-16-35(30)41-39(28-11-9-8-10-12-28)36-15-13-29(19-38(36)48(41)22-31)42(50)45-55(52,53)25-26(2)3/h13-19,21,26-28,32-33H,7-12,20,22-25H2,1-6H3,(H,45,50)/t32-,33-/m0/s1. The van der Waals surface area contributed by atoms with Gasteiger partial charge in [0.25, 0.3) is 11.8 Å². The van der Waals surface area contributed by atoms with Crippen molar-refractivity contribution in [3.63, 3.8) is 0 Å². The van der Waals surface area contributed by atoms with Gasteiger partial charge in [-0.1, -0.05) is 46.1 Å². The normalized spacial score (nSPS) is 20.2. The molecule has 2 saturated heterocycles. The maximum atomic E-state index is 14.6. The number of carbonyl (C=O) groups excluding carboxylic acids is 2. The minimum Gasteiger partial charge on any atom is -0.497 e. The highest BCUT2D eigenvalue weighted by Gasteiger charge is 2.45. The minimum absolute atomic E-state index is 0.0159. The quantitative estimate of drug-likeness (QED) is 0.180. The van der Waals surface area contributed by atoms with Crippen molar-refractivity contribution >= 4 is 44.4 Å². The molecule has 5 heterocycles. The number of likely N-dealkylation sites (tertiary alicyclic amines) is 2. The van der Waals surface area contributed by atoms with Gasteiger partial charge in [-0.3, -0.25) is 19.2 Å². The third-order valence-electron chi connectivity index (χ3n) is 12.2. The summed E-state index contributed by atoms with van der Waals surface area (Å²) < 4.78 is 38.1. The number of hydrogen-bond donors (Lipinski definition) is 1. The van der Waals surface area contributed by atoms with Crippen molar-refractivity contribution in [2.45, 2.75) is 104 Å². The van der Waals surface area contributed by atoms with Crippen LogP contribution in [0.25, 0.3) is 33.8 Å². The van der Waals surface area contributed by atoms with Gasteiger partial charge in [0.1, 0.15) is 5.75 Å². The Bertz CT molecular complexity index is 2300. The zero-order valence-electron chi connectivity index (χ0n) is 33.0. The molecule has 1 N–H and O–H groups in total. The maximum absolute atomic E-state index is 14.6. The van der Waals surface area contributed by atoms with Crippen molar-refractivity contribution in [2.75, 3.05) is 32.5 Å². The average Bonchev–Trinajstić information content (AvgIpc) is 3.93. The minimum atomic E-state index is -3.82. The Kier molecular flexibility index (Phi) is 9.94. The third-order valence-corrected chi connectivity index (χ3v) is 13.8. The largest absolute Gasteiger partial charge is 0.497 e. The second-order valence-electron chi connectivity index (χ2n) is 16.7. The van der Waals surface area contributed by atoms with Crippen LogP contribution in [0.2, 0.25) is 0 Å². The molecule has 2 aromatic heterocycles. The molecular formula is C43H54N6O5S. The molecule has 2 bridgehead atoms. The van der Waals surface area contributed by atoms with Gasteiger partial charge in [0.05, 0.1) is 42.6 Å². The molecule has 2 atom stereocenters.